The maximum atomic E-state index is 5.28. The van der Waals surface area contributed by atoms with Crippen molar-refractivity contribution in [3.8, 4) is 22.4 Å². The maximum Gasteiger partial charge on any atom is 0.0747 e. The zero-order valence-corrected chi connectivity index (χ0v) is 17.4. The summed E-state index contributed by atoms with van der Waals surface area (Å²) in [6.07, 6.45) is 3.93. The van der Waals surface area contributed by atoms with Gasteiger partial charge in [0.2, 0.25) is 0 Å². The third kappa shape index (κ3) is 2.59. The van der Waals surface area contributed by atoms with Crippen LogP contribution in [0.4, 0.5) is 0 Å². The maximum absolute atomic E-state index is 5.28. The summed E-state index contributed by atoms with van der Waals surface area (Å²) < 4.78 is 0. The van der Waals surface area contributed by atoms with E-state index < -0.39 is 0 Å². The molecule has 2 aliphatic carbocycles. The average molecular weight is 398 g/mol. The van der Waals surface area contributed by atoms with Crippen LogP contribution in [0.15, 0.2) is 91.0 Å². The quantitative estimate of drug-likeness (QED) is 0.293. The van der Waals surface area contributed by atoms with Crippen LogP contribution in [0.3, 0.4) is 0 Å². The van der Waals surface area contributed by atoms with Gasteiger partial charge in [0.1, 0.15) is 0 Å². The average Bonchev–Trinajstić information content (AvgIpc) is 3.46. The van der Waals surface area contributed by atoms with Crippen LogP contribution >= 0.6 is 0 Å². The van der Waals surface area contributed by atoms with Gasteiger partial charge in [-0.05, 0) is 82.3 Å². The molecule has 0 spiro atoms. The second-order valence-corrected chi connectivity index (χ2v) is 9.15. The van der Waals surface area contributed by atoms with Gasteiger partial charge in [-0.3, -0.25) is 0 Å². The van der Waals surface area contributed by atoms with Crippen molar-refractivity contribution in [1.29, 1.82) is 0 Å². The molecule has 1 nitrogen and oxygen atoms in total. The SMILES string of the molecule is c1ccc(-c2ccc3nc(-c4ccc5ccccc5c4)c4c(c3c2)C2CCC4C2)cc1. The van der Waals surface area contributed by atoms with Crippen LogP contribution in [0.2, 0.25) is 0 Å². The first-order valence-corrected chi connectivity index (χ1v) is 11.4. The van der Waals surface area contributed by atoms with Gasteiger partial charge in [-0.15, -0.1) is 0 Å². The summed E-state index contributed by atoms with van der Waals surface area (Å²) in [5.74, 6) is 1.36. The Morgan fingerprint density at radius 1 is 0.581 bits per heavy atom. The van der Waals surface area contributed by atoms with Crippen molar-refractivity contribution in [2.24, 2.45) is 0 Å². The molecule has 4 aromatic carbocycles. The number of aromatic nitrogens is 1. The van der Waals surface area contributed by atoms with E-state index in [1.807, 2.05) is 0 Å². The van der Waals surface area contributed by atoms with E-state index in [0.717, 1.165) is 5.52 Å². The molecule has 2 unspecified atom stereocenters. The van der Waals surface area contributed by atoms with Gasteiger partial charge in [-0.2, -0.15) is 0 Å². The van der Waals surface area contributed by atoms with Crippen molar-refractivity contribution in [2.45, 2.75) is 31.1 Å². The fourth-order valence-corrected chi connectivity index (χ4v) is 6.03. The van der Waals surface area contributed by atoms with E-state index in [-0.39, 0.29) is 0 Å². The standard InChI is InChI=1S/C30H23N/c1-2-6-19(7-3-1)22-14-15-27-26(18-22)28-23-11-12-24(17-23)29(28)30(31-27)25-13-10-20-8-4-5-9-21(20)16-25/h1-10,13-16,18,23-24H,11-12,17H2. The van der Waals surface area contributed by atoms with Gasteiger partial charge >= 0.3 is 0 Å². The summed E-state index contributed by atoms with van der Waals surface area (Å²) in [5, 5.41) is 3.95. The van der Waals surface area contributed by atoms with Crippen molar-refractivity contribution >= 4 is 21.7 Å². The summed E-state index contributed by atoms with van der Waals surface area (Å²) in [5.41, 5.74) is 9.29. The number of benzene rings is 4. The lowest BCUT2D eigenvalue weighted by Crippen LogP contribution is -2.04. The van der Waals surface area contributed by atoms with Crippen LogP contribution in [-0.4, -0.2) is 4.98 Å². The molecule has 0 amide bonds. The Kier molecular flexibility index (Phi) is 3.63. The third-order valence-electron chi connectivity index (χ3n) is 7.44. The van der Waals surface area contributed by atoms with Crippen LogP contribution in [0.1, 0.15) is 42.2 Å². The molecule has 1 heterocycles. The van der Waals surface area contributed by atoms with Crippen LogP contribution in [0, 0.1) is 0 Å². The minimum absolute atomic E-state index is 0.666. The van der Waals surface area contributed by atoms with Crippen molar-refractivity contribution in [3.63, 3.8) is 0 Å². The van der Waals surface area contributed by atoms with Crippen LogP contribution in [0.5, 0.6) is 0 Å². The summed E-state index contributed by atoms with van der Waals surface area (Å²) in [4.78, 5) is 5.28. The van der Waals surface area contributed by atoms with Crippen LogP contribution in [-0.2, 0) is 0 Å². The highest BCUT2D eigenvalue weighted by Crippen LogP contribution is 2.57. The number of pyridine rings is 1. The lowest BCUT2D eigenvalue weighted by atomic mass is 9.85. The molecule has 0 aliphatic heterocycles. The Morgan fingerprint density at radius 3 is 2.19 bits per heavy atom. The summed E-state index contributed by atoms with van der Waals surface area (Å²) in [7, 11) is 0. The first kappa shape index (κ1) is 17.3. The number of hydrogen-bond acceptors (Lipinski definition) is 1. The molecule has 2 aliphatic rings. The smallest absolute Gasteiger partial charge is 0.0747 e. The predicted molar refractivity (Wildman–Crippen MR) is 129 cm³/mol. The van der Waals surface area contributed by atoms with Crippen LogP contribution in [0.25, 0.3) is 44.1 Å². The zero-order valence-electron chi connectivity index (χ0n) is 17.4. The van der Waals surface area contributed by atoms with Crippen molar-refractivity contribution in [1.82, 2.24) is 4.98 Å². The molecule has 31 heavy (non-hydrogen) atoms. The highest BCUT2D eigenvalue weighted by atomic mass is 14.7. The Morgan fingerprint density at radius 2 is 1.32 bits per heavy atom. The second kappa shape index (κ2) is 6.52. The van der Waals surface area contributed by atoms with Gasteiger partial charge in [0.05, 0.1) is 11.2 Å². The molecule has 148 valence electrons. The Balaban J connectivity index is 1.49. The fourth-order valence-electron chi connectivity index (χ4n) is 6.03. The van der Waals surface area contributed by atoms with E-state index >= 15 is 0 Å². The van der Waals surface area contributed by atoms with Crippen molar-refractivity contribution in [2.75, 3.05) is 0 Å². The first-order chi connectivity index (χ1) is 15.3. The number of nitrogens with zero attached hydrogens (tertiary/aromatic N) is 1. The van der Waals surface area contributed by atoms with Gasteiger partial charge in [0.25, 0.3) is 0 Å². The number of fused-ring (bicyclic) bond motifs is 8. The molecule has 0 radical (unpaired) electrons. The summed E-state index contributed by atoms with van der Waals surface area (Å²) in [6, 6.07) is 33.0. The summed E-state index contributed by atoms with van der Waals surface area (Å²) >= 11 is 0. The predicted octanol–water partition coefficient (Wildman–Crippen LogP) is 8.09. The second-order valence-electron chi connectivity index (χ2n) is 9.15. The number of hydrogen-bond donors (Lipinski definition) is 0. The Hall–Kier alpha value is -3.45. The lowest BCUT2D eigenvalue weighted by Gasteiger charge is -2.21. The molecule has 0 N–H and O–H groups in total. The highest BCUT2D eigenvalue weighted by Gasteiger charge is 2.40. The van der Waals surface area contributed by atoms with Crippen molar-refractivity contribution in [3.05, 3.63) is 102 Å². The Labute approximate surface area is 182 Å². The van der Waals surface area contributed by atoms with E-state index in [1.54, 1.807) is 5.56 Å². The van der Waals surface area contributed by atoms with Gasteiger partial charge < -0.3 is 0 Å². The minimum Gasteiger partial charge on any atom is -0.247 e. The van der Waals surface area contributed by atoms with Gasteiger partial charge in [-0.25, -0.2) is 4.98 Å². The molecule has 2 bridgehead atoms. The molecule has 1 heteroatoms. The molecule has 1 saturated carbocycles. The van der Waals surface area contributed by atoms with Gasteiger partial charge in [0.15, 0.2) is 0 Å². The lowest BCUT2D eigenvalue weighted by molar-refractivity contribution is 0.720. The largest absolute Gasteiger partial charge is 0.247 e. The normalized spacial score (nSPS) is 19.2. The molecular weight excluding hydrogens is 374 g/mol. The molecule has 1 aromatic heterocycles. The number of rotatable bonds is 2. The van der Waals surface area contributed by atoms with Crippen molar-refractivity contribution < 1.29 is 0 Å². The minimum atomic E-state index is 0.666. The molecular formula is C30H23N. The third-order valence-corrected chi connectivity index (χ3v) is 7.44. The fraction of sp³-hybridized carbons (Fsp3) is 0.167. The van der Waals surface area contributed by atoms with Gasteiger partial charge in [-0.1, -0.05) is 72.8 Å². The van der Waals surface area contributed by atoms with E-state index in [4.69, 9.17) is 4.98 Å². The highest BCUT2D eigenvalue weighted by molar-refractivity contribution is 5.94. The first-order valence-electron chi connectivity index (χ1n) is 11.4. The zero-order chi connectivity index (χ0) is 20.4. The van der Waals surface area contributed by atoms with Gasteiger partial charge in [0, 0.05) is 10.9 Å². The topological polar surface area (TPSA) is 12.9 Å². The summed E-state index contributed by atoms with van der Waals surface area (Å²) in [6.45, 7) is 0. The van der Waals surface area contributed by atoms with E-state index in [9.17, 15) is 0 Å². The van der Waals surface area contributed by atoms with E-state index in [0.29, 0.717) is 11.8 Å². The molecule has 5 aromatic rings. The molecule has 0 saturated heterocycles. The monoisotopic (exact) mass is 397 g/mol. The van der Waals surface area contributed by atoms with Crippen LogP contribution < -0.4 is 0 Å². The van der Waals surface area contributed by atoms with E-state index in [1.165, 1.54) is 63.4 Å². The molecule has 2 atom stereocenters. The Bertz CT molecular complexity index is 1460. The van der Waals surface area contributed by atoms with E-state index in [2.05, 4.69) is 91.0 Å². The molecule has 1 fully saturated rings. The molecule has 7 rings (SSSR count).